The fourth-order valence-corrected chi connectivity index (χ4v) is 4.00. The molecule has 1 saturated heterocycles. The van der Waals surface area contributed by atoms with E-state index in [0.29, 0.717) is 46.3 Å². The minimum Gasteiger partial charge on any atom is -0.493 e. The van der Waals surface area contributed by atoms with Gasteiger partial charge in [-0.1, -0.05) is 12.1 Å². The van der Waals surface area contributed by atoms with Gasteiger partial charge in [-0.25, -0.2) is 14.4 Å². The number of nitrogens with one attached hydrogen (secondary N) is 1. The van der Waals surface area contributed by atoms with Gasteiger partial charge in [0.15, 0.2) is 5.65 Å². The Kier molecular flexibility index (Phi) is 4.92. The molecule has 0 aliphatic carbocycles. The molecule has 1 aliphatic heterocycles. The van der Waals surface area contributed by atoms with Crippen molar-refractivity contribution in [1.29, 1.82) is 0 Å². The smallest absolute Gasteiger partial charge is 0.233 e. The summed E-state index contributed by atoms with van der Waals surface area (Å²) < 4.78 is 20.7. The highest BCUT2D eigenvalue weighted by Crippen LogP contribution is 2.34. The number of rotatable bonds is 5. The van der Waals surface area contributed by atoms with Crippen molar-refractivity contribution in [2.75, 3.05) is 13.2 Å². The Morgan fingerprint density at radius 2 is 2.07 bits per heavy atom. The van der Waals surface area contributed by atoms with E-state index < -0.39 is 0 Å². The van der Waals surface area contributed by atoms with Gasteiger partial charge in [0, 0.05) is 30.5 Å². The predicted molar refractivity (Wildman–Crippen MR) is 110 cm³/mol. The zero-order valence-corrected chi connectivity index (χ0v) is 16.4. The summed E-state index contributed by atoms with van der Waals surface area (Å²) in [6, 6.07) is 9.91. The Hall–Kier alpha value is -3.26. The second kappa shape index (κ2) is 7.87. The number of aromatic hydroxyl groups is 1. The monoisotopic (exact) mass is 407 g/mol. The number of aromatic nitrogens is 5. The van der Waals surface area contributed by atoms with Crippen molar-refractivity contribution in [3.05, 3.63) is 54.0 Å². The SMILES string of the molecule is Oc1c(CCC2CCOCC2)c(-c2cccc(F)c2)nn1-c1nc2cccnc2[nH]1. The van der Waals surface area contributed by atoms with Gasteiger partial charge >= 0.3 is 0 Å². The molecule has 0 bridgehead atoms. The quantitative estimate of drug-likeness (QED) is 0.522. The molecule has 4 aromatic rings. The molecule has 0 spiro atoms. The zero-order valence-electron chi connectivity index (χ0n) is 16.4. The van der Waals surface area contributed by atoms with Crippen LogP contribution in [0.3, 0.4) is 0 Å². The van der Waals surface area contributed by atoms with E-state index in [0.717, 1.165) is 32.5 Å². The first-order valence-corrected chi connectivity index (χ1v) is 10.1. The summed E-state index contributed by atoms with van der Waals surface area (Å²) in [5, 5.41) is 15.7. The fraction of sp³-hybridized carbons (Fsp3) is 0.318. The first-order chi connectivity index (χ1) is 14.7. The van der Waals surface area contributed by atoms with Gasteiger partial charge in [-0.15, -0.1) is 0 Å². The van der Waals surface area contributed by atoms with Crippen molar-refractivity contribution in [2.24, 2.45) is 5.92 Å². The molecule has 7 nitrogen and oxygen atoms in total. The number of aromatic amines is 1. The van der Waals surface area contributed by atoms with Crippen LogP contribution in [0.4, 0.5) is 4.39 Å². The molecule has 0 unspecified atom stereocenters. The highest BCUT2D eigenvalue weighted by molar-refractivity contribution is 5.72. The number of hydrogen-bond donors (Lipinski definition) is 2. The molecule has 0 amide bonds. The Morgan fingerprint density at radius 1 is 1.20 bits per heavy atom. The lowest BCUT2D eigenvalue weighted by molar-refractivity contribution is 0.0640. The maximum atomic E-state index is 13.9. The number of benzene rings is 1. The van der Waals surface area contributed by atoms with Crippen LogP contribution in [-0.2, 0) is 11.2 Å². The topological polar surface area (TPSA) is 88.8 Å². The molecule has 1 aliphatic rings. The molecule has 3 aromatic heterocycles. The van der Waals surface area contributed by atoms with Crippen LogP contribution in [0.25, 0.3) is 28.4 Å². The summed E-state index contributed by atoms with van der Waals surface area (Å²) in [5.74, 6) is 0.582. The van der Waals surface area contributed by atoms with Crippen molar-refractivity contribution < 1.29 is 14.2 Å². The minimum absolute atomic E-state index is 0.0142. The van der Waals surface area contributed by atoms with E-state index in [1.54, 1.807) is 24.4 Å². The number of nitrogens with zero attached hydrogens (tertiary/aromatic N) is 4. The maximum Gasteiger partial charge on any atom is 0.233 e. The Morgan fingerprint density at radius 3 is 2.87 bits per heavy atom. The lowest BCUT2D eigenvalue weighted by Gasteiger charge is -2.21. The van der Waals surface area contributed by atoms with Crippen molar-refractivity contribution in [3.63, 3.8) is 0 Å². The molecule has 154 valence electrons. The zero-order chi connectivity index (χ0) is 20.5. The Labute approximate surface area is 172 Å². The third kappa shape index (κ3) is 3.54. The van der Waals surface area contributed by atoms with E-state index in [1.165, 1.54) is 16.8 Å². The van der Waals surface area contributed by atoms with Crippen molar-refractivity contribution in [1.82, 2.24) is 24.7 Å². The lowest BCUT2D eigenvalue weighted by atomic mass is 9.92. The summed E-state index contributed by atoms with van der Waals surface area (Å²) in [4.78, 5) is 11.8. The molecular formula is C22H22FN5O2. The highest BCUT2D eigenvalue weighted by Gasteiger charge is 2.23. The largest absolute Gasteiger partial charge is 0.493 e. The van der Waals surface area contributed by atoms with Gasteiger partial charge in [0.1, 0.15) is 17.0 Å². The number of hydrogen-bond acceptors (Lipinski definition) is 5. The number of H-pyrrole nitrogens is 1. The van der Waals surface area contributed by atoms with Gasteiger partial charge in [0.25, 0.3) is 0 Å². The molecular weight excluding hydrogens is 385 g/mol. The van der Waals surface area contributed by atoms with Crippen molar-refractivity contribution in [2.45, 2.75) is 25.7 Å². The molecule has 5 rings (SSSR count). The average molecular weight is 407 g/mol. The molecule has 1 aromatic carbocycles. The number of fused-ring (bicyclic) bond motifs is 1. The van der Waals surface area contributed by atoms with E-state index in [9.17, 15) is 9.50 Å². The molecule has 30 heavy (non-hydrogen) atoms. The van der Waals surface area contributed by atoms with Crippen LogP contribution in [0.1, 0.15) is 24.8 Å². The van der Waals surface area contributed by atoms with E-state index in [1.807, 2.05) is 6.07 Å². The normalized spacial score (nSPS) is 15.1. The van der Waals surface area contributed by atoms with Crippen molar-refractivity contribution >= 4 is 11.2 Å². The number of imidazole rings is 1. The van der Waals surface area contributed by atoms with E-state index >= 15 is 0 Å². The van der Waals surface area contributed by atoms with Gasteiger partial charge in [-0.2, -0.15) is 9.78 Å². The number of halogens is 1. The molecule has 4 heterocycles. The lowest BCUT2D eigenvalue weighted by Crippen LogP contribution is -2.16. The Bertz CT molecular complexity index is 1150. The third-order valence-electron chi connectivity index (χ3n) is 5.64. The van der Waals surface area contributed by atoms with Crippen LogP contribution in [0.5, 0.6) is 5.88 Å². The van der Waals surface area contributed by atoms with Crippen LogP contribution in [0.2, 0.25) is 0 Å². The van der Waals surface area contributed by atoms with Crippen LogP contribution in [0, 0.1) is 11.7 Å². The molecule has 2 N–H and O–H groups in total. The molecule has 0 radical (unpaired) electrons. The van der Waals surface area contributed by atoms with Gasteiger partial charge in [0.05, 0.1) is 0 Å². The van der Waals surface area contributed by atoms with E-state index in [4.69, 9.17) is 4.74 Å². The van der Waals surface area contributed by atoms with Gasteiger partial charge in [-0.05, 0) is 55.9 Å². The van der Waals surface area contributed by atoms with Crippen LogP contribution in [-0.4, -0.2) is 43.1 Å². The van der Waals surface area contributed by atoms with E-state index in [-0.39, 0.29) is 11.7 Å². The number of pyridine rings is 1. The van der Waals surface area contributed by atoms with Crippen LogP contribution in [0.15, 0.2) is 42.6 Å². The van der Waals surface area contributed by atoms with Gasteiger partial charge < -0.3 is 14.8 Å². The summed E-state index contributed by atoms with van der Waals surface area (Å²) >= 11 is 0. The highest BCUT2D eigenvalue weighted by atomic mass is 19.1. The standard InChI is InChI=1S/C22H22FN5O2/c23-16-4-1-3-15(13-16)19-17(7-6-14-8-11-30-12-9-14)21(29)28(27-19)22-25-18-5-2-10-24-20(18)26-22/h1-5,10,13-14,29H,6-9,11-12H2,(H,24,25,26). The third-order valence-corrected chi connectivity index (χ3v) is 5.64. The predicted octanol–water partition coefficient (Wildman–Crippen LogP) is 4.01. The fourth-order valence-electron chi connectivity index (χ4n) is 4.00. The first kappa shape index (κ1) is 18.7. The van der Waals surface area contributed by atoms with Crippen molar-refractivity contribution in [3.8, 4) is 23.1 Å². The average Bonchev–Trinajstić information content (AvgIpc) is 3.34. The van der Waals surface area contributed by atoms with Gasteiger partial charge in [0.2, 0.25) is 11.8 Å². The summed E-state index contributed by atoms with van der Waals surface area (Å²) in [6.07, 6.45) is 5.25. The molecule has 8 heteroatoms. The number of ether oxygens (including phenoxy) is 1. The first-order valence-electron chi connectivity index (χ1n) is 10.1. The summed E-state index contributed by atoms with van der Waals surface area (Å²) in [5.41, 5.74) is 3.17. The second-order valence-corrected chi connectivity index (χ2v) is 7.60. The molecule has 1 fully saturated rings. The minimum atomic E-state index is -0.343. The summed E-state index contributed by atoms with van der Waals surface area (Å²) in [6.45, 7) is 1.55. The Balaban J connectivity index is 1.56. The van der Waals surface area contributed by atoms with E-state index in [2.05, 4.69) is 20.1 Å². The van der Waals surface area contributed by atoms with Gasteiger partial charge in [-0.3, -0.25) is 0 Å². The van der Waals surface area contributed by atoms with Crippen LogP contribution >= 0.6 is 0 Å². The maximum absolute atomic E-state index is 13.9. The van der Waals surface area contributed by atoms with Crippen LogP contribution < -0.4 is 0 Å². The molecule has 0 saturated carbocycles. The summed E-state index contributed by atoms with van der Waals surface area (Å²) in [7, 11) is 0. The second-order valence-electron chi connectivity index (χ2n) is 7.60. The molecule has 0 atom stereocenters.